The lowest BCUT2D eigenvalue weighted by Crippen LogP contribution is -2.42. The molecular weight excluding hydrogens is 476 g/mol. The van der Waals surface area contributed by atoms with E-state index in [0.717, 1.165) is 15.7 Å². The van der Waals surface area contributed by atoms with E-state index in [-0.39, 0.29) is 25.3 Å². The molecule has 0 unspecified atom stereocenters. The van der Waals surface area contributed by atoms with Crippen molar-refractivity contribution >= 4 is 22.8 Å². The molecule has 3 aromatic rings. The number of fused-ring (bicyclic) bond motifs is 1. The summed E-state index contributed by atoms with van der Waals surface area (Å²) in [7, 11) is 0. The van der Waals surface area contributed by atoms with Gasteiger partial charge in [-0.1, -0.05) is 42.5 Å². The molecular formula is C25H17F6NO3. The van der Waals surface area contributed by atoms with E-state index in [2.05, 4.69) is 0 Å². The Kier molecular flexibility index (Phi) is 5.12. The Morgan fingerprint density at radius 3 is 2.11 bits per heavy atom. The minimum absolute atomic E-state index is 0.0171. The van der Waals surface area contributed by atoms with Crippen LogP contribution in [0.4, 0.5) is 31.1 Å². The molecule has 0 bridgehead atoms. The monoisotopic (exact) mass is 493 g/mol. The summed E-state index contributed by atoms with van der Waals surface area (Å²) in [5, 5.41) is 1.68. The summed E-state index contributed by atoms with van der Waals surface area (Å²) in [6.07, 6.45) is -12.4. The van der Waals surface area contributed by atoms with Crippen LogP contribution in [0.2, 0.25) is 0 Å². The summed E-state index contributed by atoms with van der Waals surface area (Å²) in [5.41, 5.74) is -4.13. The number of cyclic esters (lactones) is 1. The average Bonchev–Trinajstić information content (AvgIpc) is 3.51. The van der Waals surface area contributed by atoms with Crippen LogP contribution < -0.4 is 0 Å². The standard InChI is InChI=1S/C25H17F6NO3/c26-24(27,28)17-10-16(11-18(13-17)25(29,30)31)21-23(8-9-23)32(22(34)35-21)20(33)12-15-6-3-5-14-4-1-2-7-19(14)15/h1-7,10-11,13,21H,8-9,12H2/t21-/m1/s1. The summed E-state index contributed by atoms with van der Waals surface area (Å²) in [6, 6.07) is 13.8. The molecule has 10 heteroatoms. The summed E-state index contributed by atoms with van der Waals surface area (Å²) in [4.78, 5) is 26.8. The summed E-state index contributed by atoms with van der Waals surface area (Å²) < 4.78 is 85.3. The molecule has 0 radical (unpaired) electrons. The molecule has 2 fully saturated rings. The van der Waals surface area contributed by atoms with Gasteiger partial charge < -0.3 is 4.74 Å². The molecule has 3 aromatic carbocycles. The van der Waals surface area contributed by atoms with Crippen molar-refractivity contribution in [2.24, 2.45) is 0 Å². The van der Waals surface area contributed by atoms with Crippen LogP contribution in [0.3, 0.4) is 0 Å². The number of imide groups is 1. The van der Waals surface area contributed by atoms with Gasteiger partial charge in [0.2, 0.25) is 5.91 Å². The van der Waals surface area contributed by atoms with E-state index in [4.69, 9.17) is 4.74 Å². The van der Waals surface area contributed by atoms with Crippen molar-refractivity contribution in [3.8, 4) is 0 Å². The molecule has 5 rings (SSSR count). The predicted molar refractivity (Wildman–Crippen MR) is 112 cm³/mol. The van der Waals surface area contributed by atoms with Crippen LogP contribution in [0.15, 0.2) is 60.7 Å². The Morgan fingerprint density at radius 2 is 1.51 bits per heavy atom. The van der Waals surface area contributed by atoms with Gasteiger partial charge >= 0.3 is 18.4 Å². The molecule has 2 amide bonds. The number of benzene rings is 3. The molecule has 1 saturated carbocycles. The van der Waals surface area contributed by atoms with E-state index >= 15 is 0 Å². The first kappa shape index (κ1) is 23.2. The second-order valence-corrected chi connectivity index (χ2v) is 8.75. The van der Waals surface area contributed by atoms with Gasteiger partial charge in [-0.25, -0.2) is 9.69 Å². The molecule has 4 nitrogen and oxygen atoms in total. The maximum atomic E-state index is 13.3. The molecule has 35 heavy (non-hydrogen) atoms. The van der Waals surface area contributed by atoms with E-state index in [1.54, 1.807) is 18.2 Å². The molecule has 1 aliphatic carbocycles. The van der Waals surface area contributed by atoms with Crippen molar-refractivity contribution in [1.82, 2.24) is 4.90 Å². The van der Waals surface area contributed by atoms with E-state index < -0.39 is 52.7 Å². The third-order valence-corrected chi connectivity index (χ3v) is 6.48. The highest BCUT2D eigenvalue weighted by Crippen LogP contribution is 2.57. The molecule has 0 N–H and O–H groups in total. The zero-order valence-electron chi connectivity index (χ0n) is 17.9. The van der Waals surface area contributed by atoms with Crippen LogP contribution >= 0.6 is 0 Å². The molecule has 1 saturated heterocycles. The lowest BCUT2D eigenvalue weighted by atomic mass is 9.94. The Bertz CT molecular complexity index is 1310. The minimum atomic E-state index is -5.04. The van der Waals surface area contributed by atoms with Gasteiger partial charge in [0.1, 0.15) is 0 Å². The second-order valence-electron chi connectivity index (χ2n) is 8.75. The number of halogens is 6. The van der Waals surface area contributed by atoms with Crippen LogP contribution in [0.5, 0.6) is 0 Å². The maximum absolute atomic E-state index is 13.3. The van der Waals surface area contributed by atoms with Crippen molar-refractivity contribution in [2.45, 2.75) is 43.3 Å². The third-order valence-electron chi connectivity index (χ3n) is 6.48. The number of carbonyl (C=O) groups excluding carboxylic acids is 2. The third kappa shape index (κ3) is 4.00. The van der Waals surface area contributed by atoms with Crippen LogP contribution in [0, 0.1) is 0 Å². The fraction of sp³-hybridized carbons (Fsp3) is 0.280. The number of hydrogen-bond acceptors (Lipinski definition) is 3. The summed E-state index contributed by atoms with van der Waals surface area (Å²) >= 11 is 0. The molecule has 0 aromatic heterocycles. The summed E-state index contributed by atoms with van der Waals surface area (Å²) in [5.74, 6) is -0.630. The van der Waals surface area contributed by atoms with Crippen molar-refractivity contribution < 1.29 is 40.7 Å². The van der Waals surface area contributed by atoms with E-state index in [1.165, 1.54) is 0 Å². The number of hydrogen-bond donors (Lipinski definition) is 0. The van der Waals surface area contributed by atoms with E-state index in [1.807, 2.05) is 24.3 Å². The minimum Gasteiger partial charge on any atom is -0.438 e. The van der Waals surface area contributed by atoms with Crippen LogP contribution in [0.1, 0.15) is 41.2 Å². The van der Waals surface area contributed by atoms with Crippen LogP contribution in [-0.4, -0.2) is 22.4 Å². The van der Waals surface area contributed by atoms with Crippen molar-refractivity contribution in [3.63, 3.8) is 0 Å². The Hall–Kier alpha value is -3.56. The molecule has 1 spiro atoms. The number of carbonyl (C=O) groups is 2. The van der Waals surface area contributed by atoms with Crippen molar-refractivity contribution in [3.05, 3.63) is 82.9 Å². The van der Waals surface area contributed by atoms with E-state index in [0.29, 0.717) is 17.7 Å². The zero-order chi connectivity index (χ0) is 25.2. The highest BCUT2D eigenvalue weighted by Gasteiger charge is 2.65. The molecule has 1 atom stereocenters. The molecule has 1 aliphatic heterocycles. The molecule has 182 valence electrons. The second kappa shape index (κ2) is 7.73. The number of amides is 2. The van der Waals surface area contributed by atoms with Gasteiger partial charge in [-0.3, -0.25) is 4.79 Å². The first-order valence-corrected chi connectivity index (χ1v) is 10.7. The number of ether oxygens (including phenoxy) is 1. The predicted octanol–water partition coefficient (Wildman–Crippen LogP) is 6.67. The summed E-state index contributed by atoms with van der Waals surface area (Å²) in [6.45, 7) is 0. The Morgan fingerprint density at radius 1 is 0.914 bits per heavy atom. The highest BCUT2D eigenvalue weighted by molar-refractivity contribution is 5.98. The maximum Gasteiger partial charge on any atom is 0.417 e. The normalized spacial score (nSPS) is 19.3. The first-order chi connectivity index (χ1) is 16.4. The van der Waals surface area contributed by atoms with Gasteiger partial charge in [0.15, 0.2) is 6.10 Å². The van der Waals surface area contributed by atoms with Crippen molar-refractivity contribution in [2.75, 3.05) is 0 Å². The average molecular weight is 493 g/mol. The molecule has 1 heterocycles. The SMILES string of the molecule is O=C(Cc1cccc2ccccc12)N1C(=O)O[C@H](c2cc(C(F)(F)F)cc(C(F)(F)F)c2)C12CC2. The lowest BCUT2D eigenvalue weighted by Gasteiger charge is -2.24. The topological polar surface area (TPSA) is 46.6 Å². The number of nitrogens with zero attached hydrogens (tertiary/aromatic N) is 1. The number of alkyl halides is 6. The quantitative estimate of drug-likeness (QED) is 0.383. The fourth-order valence-corrected chi connectivity index (χ4v) is 4.72. The van der Waals surface area contributed by atoms with Crippen molar-refractivity contribution in [1.29, 1.82) is 0 Å². The highest BCUT2D eigenvalue weighted by atomic mass is 19.4. The van der Waals surface area contributed by atoms with Gasteiger partial charge in [0.25, 0.3) is 0 Å². The fourth-order valence-electron chi connectivity index (χ4n) is 4.72. The van der Waals surface area contributed by atoms with Gasteiger partial charge in [-0.05, 0) is 52.9 Å². The lowest BCUT2D eigenvalue weighted by molar-refractivity contribution is -0.143. The molecule has 2 aliphatic rings. The smallest absolute Gasteiger partial charge is 0.417 e. The van der Waals surface area contributed by atoms with E-state index in [9.17, 15) is 35.9 Å². The first-order valence-electron chi connectivity index (χ1n) is 10.7. The van der Waals surface area contributed by atoms with Crippen LogP contribution in [0.25, 0.3) is 10.8 Å². The number of rotatable bonds is 3. The van der Waals surface area contributed by atoms with Crippen LogP contribution in [-0.2, 0) is 28.3 Å². The van der Waals surface area contributed by atoms with Gasteiger partial charge in [0, 0.05) is 0 Å². The van der Waals surface area contributed by atoms with Gasteiger partial charge in [0.05, 0.1) is 23.1 Å². The van der Waals surface area contributed by atoms with Gasteiger partial charge in [-0.2, -0.15) is 26.3 Å². The Labute approximate surface area is 195 Å². The zero-order valence-corrected chi connectivity index (χ0v) is 17.9. The Balaban J connectivity index is 1.50. The van der Waals surface area contributed by atoms with Gasteiger partial charge in [-0.15, -0.1) is 0 Å². The largest absolute Gasteiger partial charge is 0.438 e.